The van der Waals surface area contributed by atoms with Gasteiger partial charge in [-0.1, -0.05) is 75.4 Å². The Bertz CT molecular complexity index is 2770. The molecule has 3 aliphatic heterocycles. The molecule has 1 fully saturated rings. The molecule has 416 valence electrons. The third-order valence-corrected chi connectivity index (χ3v) is 14.7. The molecular formula is C54H67F4N9O9S. The fourth-order valence-corrected chi connectivity index (χ4v) is 10.3. The highest BCUT2D eigenvalue weighted by atomic mass is 32.1. The van der Waals surface area contributed by atoms with Crippen LogP contribution in [0.5, 0.6) is 0 Å². The Hall–Kier alpha value is -6.82. The molecule has 77 heavy (non-hydrogen) atoms. The van der Waals surface area contributed by atoms with Crippen molar-refractivity contribution < 1.29 is 61.0 Å². The summed E-state index contributed by atoms with van der Waals surface area (Å²) >= 11 is 1.56. The molecule has 7 rings (SSSR count). The van der Waals surface area contributed by atoms with Crippen LogP contribution in [0.25, 0.3) is 10.4 Å². The number of likely N-dealkylation sites (tertiary alicyclic amines) is 1. The van der Waals surface area contributed by atoms with Crippen molar-refractivity contribution in [3.63, 3.8) is 0 Å². The number of aldehydes is 1. The average molecular weight is 1090 g/mol. The number of primary amides is 1. The van der Waals surface area contributed by atoms with Gasteiger partial charge in [0.05, 0.1) is 52.7 Å². The van der Waals surface area contributed by atoms with Gasteiger partial charge in [-0.15, -0.1) is 11.3 Å². The van der Waals surface area contributed by atoms with Crippen LogP contribution in [-0.4, -0.2) is 119 Å². The summed E-state index contributed by atoms with van der Waals surface area (Å²) in [6.45, 7) is 9.43. The first-order valence-electron chi connectivity index (χ1n) is 25.3. The second-order valence-corrected chi connectivity index (χ2v) is 21.5. The number of aliphatic hydroxyl groups is 1. The van der Waals surface area contributed by atoms with Gasteiger partial charge in [-0.2, -0.15) is 13.2 Å². The number of ether oxygens (including phenoxy) is 1. The van der Waals surface area contributed by atoms with Crippen molar-refractivity contribution >= 4 is 58.9 Å². The molecule has 1 aromatic heterocycles. The van der Waals surface area contributed by atoms with Crippen molar-refractivity contribution in [1.29, 1.82) is 0 Å². The zero-order valence-corrected chi connectivity index (χ0v) is 44.4. The van der Waals surface area contributed by atoms with Crippen molar-refractivity contribution in [2.75, 3.05) is 18.0 Å². The Morgan fingerprint density at radius 3 is 2.30 bits per heavy atom. The minimum Gasteiger partial charge on any atom is -0.391 e. The molecule has 1 saturated heterocycles. The lowest BCUT2D eigenvalue weighted by Crippen LogP contribution is -2.59. The number of benzene rings is 3. The molecule has 7 amide bonds. The zero-order chi connectivity index (χ0) is 56.4. The van der Waals surface area contributed by atoms with Crippen LogP contribution in [0.4, 0.5) is 28.0 Å². The number of β-amino-alcohol motifs (C(OH)–C–C–N with tert-alkyl or cyclic N) is 1. The second kappa shape index (κ2) is 26.0. The van der Waals surface area contributed by atoms with E-state index in [0.29, 0.717) is 43.2 Å². The summed E-state index contributed by atoms with van der Waals surface area (Å²) < 4.78 is 52.8. The van der Waals surface area contributed by atoms with Gasteiger partial charge in [-0.3, -0.25) is 33.7 Å². The normalized spacial score (nSPS) is 19.2. The maximum Gasteiger partial charge on any atom is 0.446 e. The first-order valence-corrected chi connectivity index (χ1v) is 26.2. The first kappa shape index (κ1) is 59.4. The molecular weight excluding hydrogens is 1030 g/mol. The van der Waals surface area contributed by atoms with Crippen LogP contribution in [0.1, 0.15) is 93.3 Å². The van der Waals surface area contributed by atoms with Gasteiger partial charge in [-0.25, -0.2) is 14.2 Å². The molecule has 3 aromatic carbocycles. The lowest BCUT2D eigenvalue weighted by Gasteiger charge is -2.35. The fourth-order valence-electron chi connectivity index (χ4n) is 9.53. The number of aryl methyl sites for hydroxylation is 3. The third kappa shape index (κ3) is 15.9. The number of anilines is 1. The number of urea groups is 1. The van der Waals surface area contributed by atoms with Crippen LogP contribution >= 0.6 is 11.3 Å². The molecule has 7 atom stereocenters. The largest absolute Gasteiger partial charge is 0.446 e. The molecule has 3 aliphatic rings. The van der Waals surface area contributed by atoms with Gasteiger partial charge in [0.1, 0.15) is 23.9 Å². The van der Waals surface area contributed by atoms with E-state index in [1.165, 1.54) is 15.9 Å². The highest BCUT2D eigenvalue weighted by Gasteiger charge is 2.46. The van der Waals surface area contributed by atoms with E-state index in [9.17, 15) is 47.0 Å². The Morgan fingerprint density at radius 2 is 1.66 bits per heavy atom. The topological polar surface area (TPSA) is 268 Å². The average Bonchev–Trinajstić information content (AvgIpc) is 4.14. The summed E-state index contributed by atoms with van der Waals surface area (Å²) in [6.07, 6.45) is -4.94. The number of carbonyl (C=O) groups excluding carboxylic acids is 7. The van der Waals surface area contributed by atoms with Crippen LogP contribution in [0.15, 0.2) is 66.2 Å². The van der Waals surface area contributed by atoms with Gasteiger partial charge in [0.15, 0.2) is 0 Å². The van der Waals surface area contributed by atoms with Crippen LogP contribution in [-0.2, 0) is 65.9 Å². The fraction of sp³-hybridized carbons (Fsp3) is 0.481. The highest BCUT2D eigenvalue weighted by Crippen LogP contribution is 2.39. The number of carbonyl (C=O) groups is 7. The highest BCUT2D eigenvalue weighted by molar-refractivity contribution is 7.13. The molecule has 9 N–H and O–H groups in total. The van der Waals surface area contributed by atoms with Crippen molar-refractivity contribution in [3.05, 3.63) is 106 Å². The number of para-hydroxylation sites is 1. The predicted octanol–water partition coefficient (Wildman–Crippen LogP) is 4.82. The molecule has 0 aliphatic carbocycles. The number of aliphatic hydroxyl groups excluding tert-OH is 1. The lowest BCUT2D eigenvalue weighted by atomic mass is 9.85. The smallest absolute Gasteiger partial charge is 0.391 e. The van der Waals surface area contributed by atoms with Crippen molar-refractivity contribution in [2.45, 2.75) is 148 Å². The van der Waals surface area contributed by atoms with Crippen molar-refractivity contribution in [2.24, 2.45) is 16.9 Å². The van der Waals surface area contributed by atoms with Gasteiger partial charge >= 0.3 is 12.2 Å². The van der Waals surface area contributed by atoms with E-state index < -0.39 is 95.8 Å². The van der Waals surface area contributed by atoms with Gasteiger partial charge in [0.25, 0.3) is 0 Å². The molecule has 18 nitrogen and oxygen atoms in total. The van der Waals surface area contributed by atoms with Gasteiger partial charge in [0, 0.05) is 38.9 Å². The van der Waals surface area contributed by atoms with Crippen molar-refractivity contribution in [1.82, 2.24) is 31.2 Å². The summed E-state index contributed by atoms with van der Waals surface area (Å²) in [6, 6.07) is 13.5. The van der Waals surface area contributed by atoms with E-state index >= 15 is 4.39 Å². The maximum absolute atomic E-state index is 15.4. The van der Waals surface area contributed by atoms with E-state index in [4.69, 9.17) is 21.0 Å². The monoisotopic (exact) mass is 1090 g/mol. The number of hydrogen-bond acceptors (Lipinski definition) is 12. The van der Waals surface area contributed by atoms with E-state index in [1.54, 1.807) is 56.7 Å². The van der Waals surface area contributed by atoms with Gasteiger partial charge in [0.2, 0.25) is 35.8 Å². The molecule has 0 unspecified atom stereocenters. The molecule has 0 bridgehead atoms. The molecule has 23 heteroatoms. The number of nitrogens with two attached hydrogens (primary N) is 2. The SMILES string of the molecule is Cc1ncsc1-c1ccc(CNC(=O)[C@@H]2C[C@@H](O)CN2C(=O)[C@@H](NC(=O)NCCCc2ccc(CO[C@H](C)[C@H](CCC(N)=O)NC(=O)[C@@H]3Cc4cccc5c4N3C(=O)[C@@H](N)CC5)cc2F)C(C)(C)C)cc1.O=CC(F)(F)F. The number of nitrogens with zero attached hydrogens (tertiary/aromatic N) is 3. The number of amides is 7. The Morgan fingerprint density at radius 1 is 0.974 bits per heavy atom. The number of alkyl halides is 3. The first-order chi connectivity index (χ1) is 36.3. The standard InChI is InChI=1S/C52H66FN9O8S.C2HF3O/c1-29-45(71-28-58-29)35-15-11-31(12-16-35)25-57-47(65)41-24-37(63)26-61(41)50(68)46(52(3,4)5)60-51(69)56-21-7-10-33-14-13-32(22-38(33)53)27-70-30(2)40(19-20-43(55)64)59-48(66)42-23-36-9-6-8-34-17-18-39(54)49(67)62(42)44(34)36;3-2(4,5)1-6/h6,8-9,11-16,22,28,30,37,39-42,46,63H,7,10,17-21,23-27,54H2,1-5H3,(H2,55,64)(H,57,65)(H,59,66)(H2,56,60,69);1H/t30-,37-,39+,40+,41+,42+,46-;/m1./s1. The number of rotatable bonds is 19. The molecule has 4 aromatic rings. The summed E-state index contributed by atoms with van der Waals surface area (Å²) in [5.74, 6) is -2.63. The number of thiazole rings is 1. The second-order valence-electron chi connectivity index (χ2n) is 20.6. The molecule has 4 heterocycles. The van der Waals surface area contributed by atoms with E-state index in [2.05, 4.69) is 26.3 Å². The van der Waals surface area contributed by atoms with Gasteiger partial charge in [-0.05, 0) is 90.8 Å². The van der Waals surface area contributed by atoms with Crippen LogP contribution < -0.4 is 37.6 Å². The number of nitrogens with one attached hydrogen (secondary N) is 4. The van der Waals surface area contributed by atoms with Crippen LogP contribution in [0.2, 0.25) is 0 Å². The van der Waals surface area contributed by atoms with Crippen LogP contribution in [0, 0.1) is 18.2 Å². The van der Waals surface area contributed by atoms with Crippen molar-refractivity contribution in [3.8, 4) is 10.4 Å². The third-order valence-electron chi connectivity index (χ3n) is 13.7. The lowest BCUT2D eigenvalue weighted by molar-refractivity contribution is -0.156. The number of hydrogen-bond donors (Lipinski definition) is 7. The molecule has 0 radical (unpaired) electrons. The van der Waals surface area contributed by atoms with Gasteiger partial charge < -0.3 is 47.5 Å². The van der Waals surface area contributed by atoms with E-state index in [-0.39, 0.29) is 51.4 Å². The minimum atomic E-state index is -4.64. The molecule has 0 saturated carbocycles. The number of aromatic nitrogens is 1. The zero-order valence-electron chi connectivity index (χ0n) is 43.6. The minimum absolute atomic E-state index is 0.000636. The summed E-state index contributed by atoms with van der Waals surface area (Å²) in [5.41, 5.74) is 19.1. The van der Waals surface area contributed by atoms with E-state index in [0.717, 1.165) is 38.5 Å². The predicted molar refractivity (Wildman–Crippen MR) is 279 cm³/mol. The Balaban J connectivity index is 0.00000151. The summed E-state index contributed by atoms with van der Waals surface area (Å²) in [4.78, 5) is 96.9. The number of halogens is 4. The van der Waals surface area contributed by atoms with E-state index in [1.807, 2.05) is 49.4 Å². The quantitative estimate of drug-likeness (QED) is 0.0380. The molecule has 0 spiro atoms. The Kier molecular flexibility index (Phi) is 20.1. The maximum atomic E-state index is 15.4. The van der Waals surface area contributed by atoms with Crippen LogP contribution in [0.3, 0.4) is 0 Å². The Labute approximate surface area is 448 Å². The summed E-state index contributed by atoms with van der Waals surface area (Å²) in [7, 11) is 0. The summed E-state index contributed by atoms with van der Waals surface area (Å²) in [5, 5.41) is 22.1.